The van der Waals surface area contributed by atoms with Crippen LogP contribution in [0.25, 0.3) is 0 Å². The summed E-state index contributed by atoms with van der Waals surface area (Å²) >= 11 is 0. The molecule has 0 aliphatic carbocycles. The Labute approximate surface area is 109 Å². The summed E-state index contributed by atoms with van der Waals surface area (Å²) in [4.78, 5) is 0. The van der Waals surface area contributed by atoms with Crippen LogP contribution < -0.4 is 5.32 Å². The maximum absolute atomic E-state index is 4.44. The molecule has 1 aromatic heterocycles. The zero-order valence-corrected chi connectivity index (χ0v) is 11.6. The fourth-order valence-electron chi connectivity index (χ4n) is 2.14. The molecule has 2 rings (SSSR count). The minimum Gasteiger partial charge on any atom is -0.378 e. The fourth-order valence-corrected chi connectivity index (χ4v) is 2.14. The van der Waals surface area contributed by atoms with Crippen molar-refractivity contribution in [2.45, 2.75) is 33.7 Å². The largest absolute Gasteiger partial charge is 0.378 e. The lowest BCUT2D eigenvalue weighted by Gasteiger charge is -2.10. The Morgan fingerprint density at radius 3 is 2.78 bits per heavy atom. The van der Waals surface area contributed by atoms with Gasteiger partial charge in [-0.05, 0) is 37.0 Å². The number of hydrogen-bond acceptors (Lipinski definition) is 2. The molecule has 0 aliphatic heterocycles. The van der Waals surface area contributed by atoms with Crippen molar-refractivity contribution < 1.29 is 0 Å². The molecule has 3 heteroatoms. The average Bonchev–Trinajstić information content (AvgIpc) is 2.71. The fraction of sp³-hybridized carbons (Fsp3) is 0.400. The zero-order valence-electron chi connectivity index (χ0n) is 11.6. The molecule has 0 atom stereocenters. The van der Waals surface area contributed by atoms with Gasteiger partial charge in [-0.2, -0.15) is 5.10 Å². The molecule has 0 amide bonds. The second-order valence-electron chi connectivity index (χ2n) is 4.73. The third-order valence-electron chi connectivity index (χ3n) is 3.43. The van der Waals surface area contributed by atoms with Gasteiger partial charge in [-0.25, -0.2) is 0 Å². The molecule has 0 saturated carbocycles. The van der Waals surface area contributed by atoms with Gasteiger partial charge in [0, 0.05) is 19.8 Å². The summed E-state index contributed by atoms with van der Waals surface area (Å²) in [5, 5.41) is 7.92. The van der Waals surface area contributed by atoms with E-state index >= 15 is 0 Å². The Balaban J connectivity index is 2.13. The van der Waals surface area contributed by atoms with E-state index in [0.717, 1.165) is 24.3 Å². The van der Waals surface area contributed by atoms with Gasteiger partial charge in [0.2, 0.25) is 0 Å². The van der Waals surface area contributed by atoms with Gasteiger partial charge in [-0.3, -0.25) is 4.68 Å². The Kier molecular flexibility index (Phi) is 3.70. The standard InChI is InChI=1S/C15H21N3/c1-5-14-15(10-18(4)17-14)16-9-13-8-6-7-11(2)12(13)3/h6-8,10,16H,5,9H2,1-4H3. The first kappa shape index (κ1) is 12.7. The number of benzene rings is 1. The van der Waals surface area contributed by atoms with E-state index in [2.05, 4.69) is 49.4 Å². The molecule has 2 aromatic rings. The van der Waals surface area contributed by atoms with E-state index in [4.69, 9.17) is 0 Å². The average molecular weight is 243 g/mol. The first-order chi connectivity index (χ1) is 8.61. The smallest absolute Gasteiger partial charge is 0.0853 e. The van der Waals surface area contributed by atoms with Gasteiger partial charge >= 0.3 is 0 Å². The molecule has 1 aromatic carbocycles. The highest BCUT2D eigenvalue weighted by molar-refractivity contribution is 5.47. The minimum absolute atomic E-state index is 0.853. The van der Waals surface area contributed by atoms with Gasteiger partial charge in [0.05, 0.1) is 11.4 Å². The van der Waals surface area contributed by atoms with Crippen LogP contribution in [0.15, 0.2) is 24.4 Å². The molecular weight excluding hydrogens is 222 g/mol. The van der Waals surface area contributed by atoms with E-state index in [1.54, 1.807) is 0 Å². The van der Waals surface area contributed by atoms with E-state index in [-0.39, 0.29) is 0 Å². The van der Waals surface area contributed by atoms with E-state index < -0.39 is 0 Å². The lowest BCUT2D eigenvalue weighted by atomic mass is 10.0. The second kappa shape index (κ2) is 5.25. The summed E-state index contributed by atoms with van der Waals surface area (Å²) in [6.45, 7) is 7.31. The zero-order chi connectivity index (χ0) is 13.1. The SMILES string of the molecule is CCc1nn(C)cc1NCc1cccc(C)c1C. The normalized spacial score (nSPS) is 10.7. The van der Waals surface area contributed by atoms with Gasteiger partial charge in [0.1, 0.15) is 0 Å². The summed E-state index contributed by atoms with van der Waals surface area (Å²) in [6.07, 6.45) is 3.00. The molecule has 0 aliphatic rings. The third kappa shape index (κ3) is 2.55. The first-order valence-electron chi connectivity index (χ1n) is 6.43. The molecule has 1 heterocycles. The van der Waals surface area contributed by atoms with Crippen molar-refractivity contribution in [1.82, 2.24) is 9.78 Å². The summed E-state index contributed by atoms with van der Waals surface area (Å²) in [7, 11) is 1.96. The number of anilines is 1. The summed E-state index contributed by atoms with van der Waals surface area (Å²) in [5.41, 5.74) is 6.33. The summed E-state index contributed by atoms with van der Waals surface area (Å²) in [6, 6.07) is 6.45. The van der Waals surface area contributed by atoms with E-state index in [0.29, 0.717) is 0 Å². The van der Waals surface area contributed by atoms with Crippen molar-refractivity contribution in [3.05, 3.63) is 46.8 Å². The molecule has 0 spiro atoms. The molecule has 3 nitrogen and oxygen atoms in total. The van der Waals surface area contributed by atoms with Crippen LogP contribution >= 0.6 is 0 Å². The van der Waals surface area contributed by atoms with Gasteiger partial charge < -0.3 is 5.32 Å². The Bertz CT molecular complexity index is 541. The summed E-state index contributed by atoms with van der Waals surface area (Å²) < 4.78 is 1.87. The third-order valence-corrected chi connectivity index (χ3v) is 3.43. The van der Waals surface area contributed by atoms with Crippen LogP contribution in [0.4, 0.5) is 5.69 Å². The number of aryl methyl sites for hydroxylation is 3. The lowest BCUT2D eigenvalue weighted by Crippen LogP contribution is -2.03. The number of nitrogens with zero attached hydrogens (tertiary/aromatic N) is 2. The molecule has 0 unspecified atom stereocenters. The molecule has 18 heavy (non-hydrogen) atoms. The first-order valence-corrected chi connectivity index (χ1v) is 6.43. The van der Waals surface area contributed by atoms with E-state index in [9.17, 15) is 0 Å². The van der Waals surface area contributed by atoms with Crippen molar-refractivity contribution >= 4 is 5.69 Å². The van der Waals surface area contributed by atoms with Crippen molar-refractivity contribution in [2.75, 3.05) is 5.32 Å². The molecule has 0 radical (unpaired) electrons. The topological polar surface area (TPSA) is 29.9 Å². The van der Waals surface area contributed by atoms with Gasteiger partial charge in [0.15, 0.2) is 0 Å². The number of nitrogens with one attached hydrogen (secondary N) is 1. The summed E-state index contributed by atoms with van der Waals surface area (Å²) in [5.74, 6) is 0. The van der Waals surface area contributed by atoms with Crippen LogP contribution in [-0.4, -0.2) is 9.78 Å². The van der Waals surface area contributed by atoms with Crippen LogP contribution in [-0.2, 0) is 20.0 Å². The van der Waals surface area contributed by atoms with Crippen LogP contribution in [0.3, 0.4) is 0 Å². The van der Waals surface area contributed by atoms with Crippen LogP contribution in [0.2, 0.25) is 0 Å². The van der Waals surface area contributed by atoms with Crippen molar-refractivity contribution in [3.63, 3.8) is 0 Å². The maximum Gasteiger partial charge on any atom is 0.0853 e. The van der Waals surface area contributed by atoms with Crippen molar-refractivity contribution in [2.24, 2.45) is 7.05 Å². The maximum atomic E-state index is 4.44. The highest BCUT2D eigenvalue weighted by atomic mass is 15.3. The number of rotatable bonds is 4. The Morgan fingerprint density at radius 2 is 2.06 bits per heavy atom. The number of aromatic nitrogens is 2. The van der Waals surface area contributed by atoms with E-state index in [1.807, 2.05) is 17.9 Å². The Morgan fingerprint density at radius 1 is 1.28 bits per heavy atom. The quantitative estimate of drug-likeness (QED) is 0.893. The monoisotopic (exact) mass is 243 g/mol. The highest BCUT2D eigenvalue weighted by Crippen LogP contribution is 2.17. The molecule has 96 valence electrons. The minimum atomic E-state index is 0.853. The van der Waals surface area contributed by atoms with Crippen LogP contribution in [0, 0.1) is 13.8 Å². The van der Waals surface area contributed by atoms with Gasteiger partial charge in [0.25, 0.3) is 0 Å². The van der Waals surface area contributed by atoms with Gasteiger partial charge in [-0.15, -0.1) is 0 Å². The molecule has 0 saturated heterocycles. The molecule has 0 fully saturated rings. The van der Waals surface area contributed by atoms with Crippen molar-refractivity contribution in [3.8, 4) is 0 Å². The van der Waals surface area contributed by atoms with Crippen LogP contribution in [0.5, 0.6) is 0 Å². The van der Waals surface area contributed by atoms with Crippen molar-refractivity contribution in [1.29, 1.82) is 0 Å². The van der Waals surface area contributed by atoms with Crippen LogP contribution in [0.1, 0.15) is 29.3 Å². The predicted octanol–water partition coefficient (Wildman–Crippen LogP) is 3.21. The van der Waals surface area contributed by atoms with Gasteiger partial charge in [-0.1, -0.05) is 25.1 Å². The highest BCUT2D eigenvalue weighted by Gasteiger charge is 2.06. The second-order valence-corrected chi connectivity index (χ2v) is 4.73. The Hall–Kier alpha value is -1.77. The lowest BCUT2D eigenvalue weighted by molar-refractivity contribution is 0.746. The molecule has 1 N–H and O–H groups in total. The number of hydrogen-bond donors (Lipinski definition) is 1. The molecule has 0 bridgehead atoms. The molecular formula is C15H21N3. The predicted molar refractivity (Wildman–Crippen MR) is 75.8 cm³/mol. The van der Waals surface area contributed by atoms with E-state index in [1.165, 1.54) is 16.7 Å².